The molecule has 100 valence electrons. The van der Waals surface area contributed by atoms with E-state index in [1.807, 2.05) is 0 Å². The molecule has 1 aliphatic rings. The number of aliphatic imine (C=N–C) groups is 1. The first-order valence-electron chi connectivity index (χ1n) is 6.14. The zero-order valence-electron chi connectivity index (χ0n) is 11.1. The lowest BCUT2D eigenvalue weighted by molar-refractivity contribution is 0.207. The SMILES string of the molecule is COCCN=C(NN)N1CCCN(C)CC1C. The molecule has 0 aromatic carbocycles. The van der Waals surface area contributed by atoms with Crippen LogP contribution in [-0.4, -0.2) is 68.7 Å². The summed E-state index contributed by atoms with van der Waals surface area (Å²) in [6.07, 6.45) is 1.13. The Balaban J connectivity index is 2.62. The van der Waals surface area contributed by atoms with Crippen LogP contribution >= 0.6 is 0 Å². The van der Waals surface area contributed by atoms with E-state index in [0.29, 0.717) is 19.2 Å². The maximum absolute atomic E-state index is 5.56. The van der Waals surface area contributed by atoms with E-state index >= 15 is 0 Å². The number of nitrogens with one attached hydrogen (secondary N) is 1. The van der Waals surface area contributed by atoms with E-state index in [0.717, 1.165) is 32.0 Å². The van der Waals surface area contributed by atoms with Crippen LogP contribution < -0.4 is 11.3 Å². The Morgan fingerprint density at radius 3 is 2.94 bits per heavy atom. The van der Waals surface area contributed by atoms with E-state index in [1.165, 1.54) is 0 Å². The summed E-state index contributed by atoms with van der Waals surface area (Å²) in [6.45, 7) is 6.59. The van der Waals surface area contributed by atoms with Crippen LogP contribution in [0.2, 0.25) is 0 Å². The maximum atomic E-state index is 5.56. The number of hydrogen-bond acceptors (Lipinski definition) is 4. The molecule has 0 spiro atoms. The second kappa shape index (κ2) is 7.47. The van der Waals surface area contributed by atoms with Crippen LogP contribution in [0.5, 0.6) is 0 Å². The third-order valence-corrected chi connectivity index (χ3v) is 3.00. The van der Waals surface area contributed by atoms with Crippen molar-refractivity contribution in [2.24, 2.45) is 10.8 Å². The fraction of sp³-hybridized carbons (Fsp3) is 0.909. The third-order valence-electron chi connectivity index (χ3n) is 3.00. The number of guanidine groups is 1. The van der Waals surface area contributed by atoms with Crippen LogP contribution in [-0.2, 0) is 4.74 Å². The lowest BCUT2D eigenvalue weighted by Crippen LogP contribution is -2.50. The number of likely N-dealkylation sites (N-methyl/N-ethyl adjacent to an activating group) is 1. The largest absolute Gasteiger partial charge is 0.383 e. The van der Waals surface area contributed by atoms with Gasteiger partial charge in [0.2, 0.25) is 5.96 Å². The van der Waals surface area contributed by atoms with Crippen molar-refractivity contribution in [2.75, 3.05) is 46.9 Å². The van der Waals surface area contributed by atoms with Gasteiger partial charge in [-0.05, 0) is 26.9 Å². The highest BCUT2D eigenvalue weighted by atomic mass is 16.5. The lowest BCUT2D eigenvalue weighted by atomic mass is 10.3. The van der Waals surface area contributed by atoms with Gasteiger partial charge >= 0.3 is 0 Å². The van der Waals surface area contributed by atoms with Gasteiger partial charge in [-0.3, -0.25) is 5.43 Å². The molecule has 3 N–H and O–H groups in total. The van der Waals surface area contributed by atoms with E-state index in [-0.39, 0.29) is 0 Å². The molecule has 1 aliphatic heterocycles. The Hall–Kier alpha value is -0.850. The molecule has 17 heavy (non-hydrogen) atoms. The van der Waals surface area contributed by atoms with Crippen molar-refractivity contribution >= 4 is 5.96 Å². The molecule has 0 aromatic rings. The van der Waals surface area contributed by atoms with E-state index in [4.69, 9.17) is 10.6 Å². The minimum atomic E-state index is 0.417. The van der Waals surface area contributed by atoms with E-state index in [1.54, 1.807) is 7.11 Å². The first-order chi connectivity index (χ1) is 8.19. The monoisotopic (exact) mass is 243 g/mol. The Kier molecular flexibility index (Phi) is 6.25. The van der Waals surface area contributed by atoms with Crippen LogP contribution in [0.1, 0.15) is 13.3 Å². The molecule has 1 atom stereocenters. The fourth-order valence-electron chi connectivity index (χ4n) is 2.15. The van der Waals surface area contributed by atoms with Crippen LogP contribution in [0.25, 0.3) is 0 Å². The van der Waals surface area contributed by atoms with Crippen LogP contribution in [0.3, 0.4) is 0 Å². The van der Waals surface area contributed by atoms with Crippen molar-refractivity contribution < 1.29 is 4.74 Å². The standard InChI is InChI=1S/C11H25N5O/c1-10-9-15(2)6-4-7-16(10)11(14-12)13-5-8-17-3/h10H,4-9,12H2,1-3H3,(H,13,14). The molecule has 0 bridgehead atoms. The highest BCUT2D eigenvalue weighted by molar-refractivity contribution is 5.79. The minimum absolute atomic E-state index is 0.417. The van der Waals surface area contributed by atoms with Crippen LogP contribution in [0.15, 0.2) is 4.99 Å². The van der Waals surface area contributed by atoms with Crippen LogP contribution in [0.4, 0.5) is 0 Å². The summed E-state index contributed by atoms with van der Waals surface area (Å²) >= 11 is 0. The summed E-state index contributed by atoms with van der Waals surface area (Å²) < 4.78 is 4.99. The molecule has 1 rings (SSSR count). The van der Waals surface area contributed by atoms with Gasteiger partial charge in [-0.25, -0.2) is 10.8 Å². The van der Waals surface area contributed by atoms with E-state index in [2.05, 4.69) is 34.2 Å². The molecule has 0 radical (unpaired) electrons. The number of ether oxygens (including phenoxy) is 1. The van der Waals surface area contributed by atoms with Gasteiger partial charge in [0.05, 0.1) is 13.2 Å². The number of rotatable bonds is 3. The molecule has 1 heterocycles. The average molecular weight is 243 g/mol. The second-order valence-electron chi connectivity index (χ2n) is 4.50. The summed E-state index contributed by atoms with van der Waals surface area (Å²) in [6, 6.07) is 0.417. The zero-order chi connectivity index (χ0) is 12.7. The van der Waals surface area contributed by atoms with Gasteiger partial charge in [0.25, 0.3) is 0 Å². The summed E-state index contributed by atoms with van der Waals surface area (Å²) in [5.41, 5.74) is 2.71. The Morgan fingerprint density at radius 1 is 1.53 bits per heavy atom. The topological polar surface area (TPSA) is 66.1 Å². The molecule has 0 amide bonds. The van der Waals surface area contributed by atoms with Crippen molar-refractivity contribution in [3.05, 3.63) is 0 Å². The quantitative estimate of drug-likeness (QED) is 0.229. The van der Waals surface area contributed by atoms with Crippen molar-refractivity contribution in [3.8, 4) is 0 Å². The summed E-state index contributed by atoms with van der Waals surface area (Å²) in [5.74, 6) is 6.33. The van der Waals surface area contributed by atoms with Gasteiger partial charge in [-0.15, -0.1) is 0 Å². The number of methoxy groups -OCH3 is 1. The minimum Gasteiger partial charge on any atom is -0.383 e. The molecule has 1 fully saturated rings. The maximum Gasteiger partial charge on any atom is 0.208 e. The number of nitrogens with two attached hydrogens (primary N) is 1. The van der Waals surface area contributed by atoms with Gasteiger partial charge in [-0.2, -0.15) is 0 Å². The normalized spacial score (nSPS) is 23.6. The molecular weight excluding hydrogens is 218 g/mol. The molecule has 0 aromatic heterocycles. The van der Waals surface area contributed by atoms with Crippen molar-refractivity contribution in [2.45, 2.75) is 19.4 Å². The third kappa shape index (κ3) is 4.49. The number of nitrogens with zero attached hydrogens (tertiary/aromatic N) is 3. The lowest BCUT2D eigenvalue weighted by Gasteiger charge is -2.30. The average Bonchev–Trinajstić information content (AvgIpc) is 2.46. The first kappa shape index (κ1) is 14.2. The number of hydrogen-bond donors (Lipinski definition) is 2. The van der Waals surface area contributed by atoms with Gasteiger partial charge in [0.1, 0.15) is 0 Å². The van der Waals surface area contributed by atoms with Crippen LogP contribution in [0, 0.1) is 0 Å². The highest BCUT2D eigenvalue weighted by Crippen LogP contribution is 2.08. The Labute approximate surface area is 104 Å². The molecule has 0 saturated carbocycles. The van der Waals surface area contributed by atoms with Gasteiger partial charge in [-0.1, -0.05) is 0 Å². The van der Waals surface area contributed by atoms with Crippen molar-refractivity contribution in [3.63, 3.8) is 0 Å². The highest BCUT2D eigenvalue weighted by Gasteiger charge is 2.21. The molecule has 6 nitrogen and oxygen atoms in total. The Morgan fingerprint density at radius 2 is 2.29 bits per heavy atom. The second-order valence-corrected chi connectivity index (χ2v) is 4.50. The van der Waals surface area contributed by atoms with Crippen molar-refractivity contribution in [1.82, 2.24) is 15.2 Å². The molecular formula is C11H25N5O. The summed E-state index contributed by atoms with van der Waals surface area (Å²) in [4.78, 5) is 9.01. The van der Waals surface area contributed by atoms with E-state index in [9.17, 15) is 0 Å². The van der Waals surface area contributed by atoms with Gasteiger partial charge in [0, 0.05) is 26.2 Å². The molecule has 1 saturated heterocycles. The fourth-order valence-corrected chi connectivity index (χ4v) is 2.15. The zero-order valence-corrected chi connectivity index (χ0v) is 11.1. The summed E-state index contributed by atoms with van der Waals surface area (Å²) in [7, 11) is 3.83. The first-order valence-corrected chi connectivity index (χ1v) is 6.14. The van der Waals surface area contributed by atoms with Crippen molar-refractivity contribution in [1.29, 1.82) is 0 Å². The number of hydrazine groups is 1. The smallest absolute Gasteiger partial charge is 0.208 e. The molecule has 0 aliphatic carbocycles. The molecule has 6 heteroatoms. The predicted molar refractivity (Wildman–Crippen MR) is 69.8 cm³/mol. The predicted octanol–water partition coefficient (Wildman–Crippen LogP) is -0.522. The summed E-state index contributed by atoms with van der Waals surface area (Å²) in [5, 5.41) is 0. The van der Waals surface area contributed by atoms with Gasteiger partial charge < -0.3 is 14.5 Å². The van der Waals surface area contributed by atoms with Gasteiger partial charge in [0.15, 0.2) is 0 Å². The Bertz CT molecular complexity index is 246. The van der Waals surface area contributed by atoms with E-state index < -0.39 is 0 Å². The molecule has 1 unspecified atom stereocenters.